The zero-order valence-electron chi connectivity index (χ0n) is 18.5. The monoisotopic (exact) mass is 441 g/mol. The van der Waals surface area contributed by atoms with Gasteiger partial charge >= 0.3 is 6.03 Å². The van der Waals surface area contributed by atoms with Crippen LogP contribution in [0.15, 0.2) is 54.9 Å². The van der Waals surface area contributed by atoms with Crippen LogP contribution < -0.4 is 20.0 Å². The van der Waals surface area contributed by atoms with Crippen LogP contribution in [0.4, 0.5) is 27.9 Å². The quantitative estimate of drug-likeness (QED) is 0.658. The first-order chi connectivity index (χ1) is 16.3. The van der Waals surface area contributed by atoms with E-state index in [1.54, 1.807) is 12.3 Å². The van der Waals surface area contributed by atoms with Crippen molar-refractivity contribution in [2.75, 3.05) is 46.2 Å². The fourth-order valence-corrected chi connectivity index (χ4v) is 5.09. The molecule has 168 valence electrons. The predicted molar refractivity (Wildman–Crippen MR) is 130 cm³/mol. The van der Waals surface area contributed by atoms with Crippen molar-refractivity contribution in [1.29, 1.82) is 0 Å². The summed E-state index contributed by atoms with van der Waals surface area (Å²) in [6.45, 7) is 3.90. The number of hydrogen-bond acceptors (Lipinski definition) is 6. The SMILES string of the molecule is O=C(Nc1ccccn1)N1c2nc(-c3ccc(N4CCCCC4)nc3)ccc2N2CCC1C2. The molecule has 8 nitrogen and oxygen atoms in total. The molecular weight excluding hydrogens is 414 g/mol. The molecule has 0 spiro atoms. The molecule has 3 aliphatic rings. The maximum Gasteiger partial charge on any atom is 0.329 e. The van der Waals surface area contributed by atoms with Crippen molar-refractivity contribution in [3.63, 3.8) is 0 Å². The molecule has 6 rings (SSSR count). The zero-order chi connectivity index (χ0) is 22.2. The standard InChI is InChI=1S/C25H27N7O/c33-25(29-22-6-2-3-12-26-22)32-19-11-15-31(17-19)21-9-8-20(28-24(21)32)18-7-10-23(27-16-18)30-13-4-1-5-14-30/h2-3,6-10,12,16,19H,1,4-5,11,13-15,17H2,(H,26,29,33). The average Bonchev–Trinajstić information content (AvgIpc) is 3.29. The van der Waals surface area contributed by atoms with E-state index in [4.69, 9.17) is 9.97 Å². The third-order valence-corrected chi connectivity index (χ3v) is 6.79. The van der Waals surface area contributed by atoms with Gasteiger partial charge in [0.05, 0.1) is 17.4 Å². The van der Waals surface area contributed by atoms with E-state index in [1.165, 1.54) is 19.3 Å². The van der Waals surface area contributed by atoms with Crippen LogP contribution in [0.3, 0.4) is 0 Å². The second-order valence-corrected chi connectivity index (χ2v) is 8.90. The number of fused-ring (bicyclic) bond motifs is 4. The number of nitrogens with one attached hydrogen (secondary N) is 1. The van der Waals surface area contributed by atoms with E-state index in [-0.39, 0.29) is 12.1 Å². The van der Waals surface area contributed by atoms with Crippen LogP contribution in [0.1, 0.15) is 25.7 Å². The highest BCUT2D eigenvalue weighted by atomic mass is 16.2. The van der Waals surface area contributed by atoms with Crippen LogP contribution in [0, 0.1) is 0 Å². The maximum atomic E-state index is 13.3. The van der Waals surface area contributed by atoms with Gasteiger partial charge in [-0.2, -0.15) is 0 Å². The fraction of sp³-hybridized carbons (Fsp3) is 0.360. The molecule has 0 aliphatic carbocycles. The average molecular weight is 442 g/mol. The fourth-order valence-electron chi connectivity index (χ4n) is 5.09. The molecule has 2 fully saturated rings. The molecule has 8 heteroatoms. The number of nitrogens with zero attached hydrogens (tertiary/aromatic N) is 6. The first kappa shape index (κ1) is 20.0. The number of pyridine rings is 3. The highest BCUT2D eigenvalue weighted by Gasteiger charge is 2.40. The molecule has 33 heavy (non-hydrogen) atoms. The van der Waals surface area contributed by atoms with Gasteiger partial charge in [0.2, 0.25) is 0 Å². The molecule has 1 N–H and O–H groups in total. The Bertz CT molecular complexity index is 1150. The number of anilines is 4. The van der Waals surface area contributed by atoms with Crippen LogP contribution in [0.25, 0.3) is 11.3 Å². The van der Waals surface area contributed by atoms with Gasteiger partial charge in [-0.15, -0.1) is 0 Å². The number of carbonyl (C=O) groups excluding carboxylic acids is 1. The van der Waals surface area contributed by atoms with Crippen LogP contribution in [-0.4, -0.2) is 53.2 Å². The van der Waals surface area contributed by atoms with Crippen molar-refractivity contribution in [3.8, 4) is 11.3 Å². The third-order valence-electron chi connectivity index (χ3n) is 6.79. The topological polar surface area (TPSA) is 77.5 Å². The first-order valence-corrected chi connectivity index (χ1v) is 11.7. The summed E-state index contributed by atoms with van der Waals surface area (Å²) >= 11 is 0. The van der Waals surface area contributed by atoms with Crippen molar-refractivity contribution in [1.82, 2.24) is 15.0 Å². The first-order valence-electron chi connectivity index (χ1n) is 11.7. The Morgan fingerprint density at radius 1 is 0.939 bits per heavy atom. The summed E-state index contributed by atoms with van der Waals surface area (Å²) in [5.41, 5.74) is 2.78. The molecule has 1 unspecified atom stereocenters. The Hall–Kier alpha value is -3.68. The van der Waals surface area contributed by atoms with E-state index in [0.29, 0.717) is 11.6 Å². The largest absolute Gasteiger partial charge is 0.366 e. The number of urea groups is 1. The van der Waals surface area contributed by atoms with Gasteiger partial charge in [-0.25, -0.2) is 19.7 Å². The van der Waals surface area contributed by atoms with Gasteiger partial charge in [-0.05, 0) is 62.1 Å². The lowest BCUT2D eigenvalue weighted by atomic mass is 10.1. The normalized spacial score (nSPS) is 19.4. The molecule has 0 radical (unpaired) electrons. The maximum absolute atomic E-state index is 13.3. The molecule has 3 aromatic heterocycles. The number of aromatic nitrogens is 3. The Morgan fingerprint density at radius 3 is 2.64 bits per heavy atom. The smallest absolute Gasteiger partial charge is 0.329 e. The summed E-state index contributed by atoms with van der Waals surface area (Å²) in [6, 6.07) is 13.7. The molecule has 0 aromatic carbocycles. The molecule has 6 heterocycles. The summed E-state index contributed by atoms with van der Waals surface area (Å²) in [7, 11) is 0. The minimum atomic E-state index is -0.190. The lowest BCUT2D eigenvalue weighted by molar-refractivity contribution is 0.254. The third kappa shape index (κ3) is 3.75. The second-order valence-electron chi connectivity index (χ2n) is 8.90. The lowest BCUT2D eigenvalue weighted by Gasteiger charge is -2.35. The van der Waals surface area contributed by atoms with Crippen molar-refractivity contribution in [3.05, 3.63) is 54.9 Å². The highest BCUT2D eigenvalue weighted by Crippen LogP contribution is 2.40. The molecule has 1 atom stereocenters. The number of piperidine rings is 1. The van der Waals surface area contributed by atoms with Crippen LogP contribution in [0.5, 0.6) is 0 Å². The van der Waals surface area contributed by atoms with Gasteiger partial charge < -0.3 is 9.80 Å². The van der Waals surface area contributed by atoms with Gasteiger partial charge in [0.1, 0.15) is 11.6 Å². The lowest BCUT2D eigenvalue weighted by Crippen LogP contribution is -2.48. The van der Waals surface area contributed by atoms with E-state index in [0.717, 1.165) is 55.4 Å². The van der Waals surface area contributed by atoms with Gasteiger partial charge in [0, 0.05) is 44.1 Å². The van der Waals surface area contributed by atoms with E-state index >= 15 is 0 Å². The van der Waals surface area contributed by atoms with Gasteiger partial charge in [0.15, 0.2) is 5.82 Å². The molecule has 0 saturated carbocycles. The summed E-state index contributed by atoms with van der Waals surface area (Å²) in [4.78, 5) is 33.7. The summed E-state index contributed by atoms with van der Waals surface area (Å²) in [5.74, 6) is 2.27. The summed E-state index contributed by atoms with van der Waals surface area (Å²) in [6.07, 6.45) is 8.25. The van der Waals surface area contributed by atoms with Crippen LogP contribution in [-0.2, 0) is 0 Å². The number of carbonyl (C=O) groups is 1. The molecule has 2 bridgehead atoms. The van der Waals surface area contributed by atoms with Gasteiger partial charge in [0.25, 0.3) is 0 Å². The Kier molecular flexibility index (Phi) is 5.05. The van der Waals surface area contributed by atoms with Crippen molar-refractivity contribution < 1.29 is 4.79 Å². The van der Waals surface area contributed by atoms with Crippen molar-refractivity contribution >= 4 is 29.2 Å². The Labute approximate surface area is 193 Å². The summed E-state index contributed by atoms with van der Waals surface area (Å²) in [5, 5.41) is 2.94. The zero-order valence-corrected chi connectivity index (χ0v) is 18.5. The van der Waals surface area contributed by atoms with E-state index < -0.39 is 0 Å². The molecular formula is C25H27N7O. The minimum absolute atomic E-state index is 0.101. The van der Waals surface area contributed by atoms with E-state index in [1.807, 2.05) is 29.3 Å². The van der Waals surface area contributed by atoms with E-state index in [2.05, 4.69) is 38.3 Å². The molecule has 3 aliphatic heterocycles. The number of hydrogen-bond donors (Lipinski definition) is 1. The van der Waals surface area contributed by atoms with Gasteiger partial charge in [-0.3, -0.25) is 10.2 Å². The van der Waals surface area contributed by atoms with Crippen molar-refractivity contribution in [2.24, 2.45) is 0 Å². The molecule has 2 saturated heterocycles. The Morgan fingerprint density at radius 2 is 1.85 bits per heavy atom. The Balaban J connectivity index is 1.30. The molecule has 2 amide bonds. The predicted octanol–water partition coefficient (Wildman–Crippen LogP) is 4.16. The van der Waals surface area contributed by atoms with Crippen LogP contribution in [0.2, 0.25) is 0 Å². The van der Waals surface area contributed by atoms with Gasteiger partial charge in [-0.1, -0.05) is 6.07 Å². The second kappa shape index (κ2) is 8.35. The summed E-state index contributed by atoms with van der Waals surface area (Å²) < 4.78 is 0. The number of amides is 2. The minimum Gasteiger partial charge on any atom is -0.366 e. The highest BCUT2D eigenvalue weighted by molar-refractivity contribution is 6.04. The van der Waals surface area contributed by atoms with Crippen LogP contribution >= 0.6 is 0 Å². The van der Waals surface area contributed by atoms with Crippen molar-refractivity contribution in [2.45, 2.75) is 31.7 Å². The molecule has 3 aromatic rings. The number of rotatable bonds is 3. The van der Waals surface area contributed by atoms with E-state index in [9.17, 15) is 4.79 Å².